The summed E-state index contributed by atoms with van der Waals surface area (Å²) < 4.78 is 7.17. The molecule has 1 aromatic carbocycles. The van der Waals surface area contributed by atoms with Crippen molar-refractivity contribution in [3.63, 3.8) is 0 Å². The lowest BCUT2D eigenvalue weighted by atomic mass is 10.1. The topological polar surface area (TPSA) is 78.8 Å². The Bertz CT molecular complexity index is 584. The summed E-state index contributed by atoms with van der Waals surface area (Å²) in [6.45, 7) is 0.523. The summed E-state index contributed by atoms with van der Waals surface area (Å²) in [6.07, 6.45) is 2.32. The highest BCUT2D eigenvalue weighted by molar-refractivity contribution is 7.99. The Morgan fingerprint density at radius 2 is 2.35 bits per heavy atom. The summed E-state index contributed by atoms with van der Waals surface area (Å²) in [5.41, 5.74) is 7.04. The highest BCUT2D eigenvalue weighted by atomic mass is 32.2. The highest BCUT2D eigenvalue weighted by Gasteiger charge is 2.29. The van der Waals surface area contributed by atoms with Gasteiger partial charge < -0.3 is 10.5 Å². The summed E-state index contributed by atoms with van der Waals surface area (Å²) in [6, 6.07) is 8.43. The first kappa shape index (κ1) is 13.4. The molecule has 1 heterocycles. The molecule has 1 unspecified atom stereocenters. The van der Waals surface area contributed by atoms with E-state index in [1.54, 1.807) is 18.9 Å². The number of benzene rings is 1. The fourth-order valence-electron chi connectivity index (χ4n) is 2.03. The molecule has 1 saturated carbocycles. The van der Waals surface area contributed by atoms with E-state index in [-0.39, 0.29) is 5.25 Å². The van der Waals surface area contributed by atoms with Gasteiger partial charge in [-0.25, -0.2) is 4.68 Å². The van der Waals surface area contributed by atoms with E-state index in [1.807, 2.05) is 22.9 Å². The number of aromatic nitrogens is 4. The first-order chi connectivity index (χ1) is 9.81. The first-order valence-electron chi connectivity index (χ1n) is 6.60. The summed E-state index contributed by atoms with van der Waals surface area (Å²) in [5, 5.41) is 12.9. The van der Waals surface area contributed by atoms with E-state index >= 15 is 0 Å². The highest BCUT2D eigenvalue weighted by Crippen LogP contribution is 2.40. The molecule has 2 aromatic rings. The summed E-state index contributed by atoms with van der Waals surface area (Å²) in [5.74, 6) is 0.836. The van der Waals surface area contributed by atoms with Crippen LogP contribution in [0.4, 0.5) is 0 Å². The predicted molar refractivity (Wildman–Crippen MR) is 76.7 cm³/mol. The van der Waals surface area contributed by atoms with E-state index in [0.29, 0.717) is 12.6 Å². The molecule has 1 fully saturated rings. The Kier molecular flexibility index (Phi) is 3.88. The van der Waals surface area contributed by atoms with Crippen molar-refractivity contribution in [2.45, 2.75) is 29.3 Å². The van der Waals surface area contributed by atoms with Gasteiger partial charge >= 0.3 is 0 Å². The van der Waals surface area contributed by atoms with Crippen molar-refractivity contribution in [1.29, 1.82) is 0 Å². The minimum atomic E-state index is 0.119. The van der Waals surface area contributed by atoms with Crippen molar-refractivity contribution in [3.05, 3.63) is 29.8 Å². The number of ether oxygens (including phenoxy) is 1. The van der Waals surface area contributed by atoms with Crippen LogP contribution in [0.5, 0.6) is 5.75 Å². The van der Waals surface area contributed by atoms with Crippen molar-refractivity contribution < 1.29 is 4.74 Å². The van der Waals surface area contributed by atoms with Gasteiger partial charge in [-0.2, -0.15) is 0 Å². The third-order valence-electron chi connectivity index (χ3n) is 3.28. The van der Waals surface area contributed by atoms with Crippen LogP contribution in [0.15, 0.2) is 29.4 Å². The zero-order valence-electron chi connectivity index (χ0n) is 11.3. The van der Waals surface area contributed by atoms with E-state index in [2.05, 4.69) is 21.6 Å². The zero-order chi connectivity index (χ0) is 13.9. The molecular weight excluding hydrogens is 274 g/mol. The molecule has 106 valence electrons. The molecule has 0 saturated heterocycles. The smallest absolute Gasteiger partial charge is 0.210 e. The Balaban J connectivity index is 1.80. The maximum Gasteiger partial charge on any atom is 0.210 e. The molecule has 7 heteroatoms. The average molecular weight is 291 g/mol. The van der Waals surface area contributed by atoms with Gasteiger partial charge in [0, 0.05) is 11.8 Å². The Morgan fingerprint density at radius 1 is 1.50 bits per heavy atom. The maximum atomic E-state index is 5.92. The molecule has 0 radical (unpaired) electrons. The lowest BCUT2D eigenvalue weighted by Gasteiger charge is -2.15. The van der Waals surface area contributed by atoms with Crippen molar-refractivity contribution in [1.82, 2.24) is 20.2 Å². The number of nitrogens with two attached hydrogens (primary N) is 1. The van der Waals surface area contributed by atoms with Crippen molar-refractivity contribution in [3.8, 4) is 5.75 Å². The Labute approximate surface area is 121 Å². The molecule has 2 N–H and O–H groups in total. The fourth-order valence-corrected chi connectivity index (χ4v) is 3.04. The molecule has 0 amide bonds. The minimum absolute atomic E-state index is 0.119. The Morgan fingerprint density at radius 3 is 3.05 bits per heavy atom. The quantitative estimate of drug-likeness (QED) is 0.818. The molecule has 20 heavy (non-hydrogen) atoms. The van der Waals surface area contributed by atoms with Gasteiger partial charge in [0.15, 0.2) is 0 Å². The number of nitrogens with zero attached hydrogens (tertiary/aromatic N) is 4. The number of thioether (sulfide) groups is 1. The second-order valence-corrected chi connectivity index (χ2v) is 5.93. The molecule has 1 aliphatic carbocycles. The molecule has 1 atom stereocenters. The molecule has 0 aliphatic heterocycles. The molecule has 0 spiro atoms. The predicted octanol–water partition coefficient (Wildman–Crippen LogP) is 1.81. The number of tetrazole rings is 1. The molecule has 3 rings (SSSR count). The lowest BCUT2D eigenvalue weighted by Crippen LogP contribution is -2.11. The monoisotopic (exact) mass is 291 g/mol. The second-order valence-electron chi connectivity index (χ2n) is 4.76. The summed E-state index contributed by atoms with van der Waals surface area (Å²) in [4.78, 5) is 0. The molecule has 1 aromatic heterocycles. The number of hydrogen-bond donors (Lipinski definition) is 1. The van der Waals surface area contributed by atoms with Gasteiger partial charge in [-0.3, -0.25) is 0 Å². The fraction of sp³-hybridized carbons (Fsp3) is 0.462. The van der Waals surface area contributed by atoms with Crippen LogP contribution < -0.4 is 10.5 Å². The van der Waals surface area contributed by atoms with E-state index < -0.39 is 0 Å². The van der Waals surface area contributed by atoms with Crippen LogP contribution in [0, 0.1) is 0 Å². The van der Waals surface area contributed by atoms with Gasteiger partial charge in [-0.05, 0) is 41.0 Å². The van der Waals surface area contributed by atoms with E-state index in [1.165, 1.54) is 0 Å². The van der Waals surface area contributed by atoms with Crippen molar-refractivity contribution in [2.24, 2.45) is 5.73 Å². The van der Waals surface area contributed by atoms with Crippen LogP contribution in [-0.2, 0) is 0 Å². The lowest BCUT2D eigenvalue weighted by molar-refractivity contribution is 0.414. The number of methoxy groups -OCH3 is 1. The summed E-state index contributed by atoms with van der Waals surface area (Å²) in [7, 11) is 1.66. The van der Waals surface area contributed by atoms with Crippen LogP contribution in [0.2, 0.25) is 0 Å². The van der Waals surface area contributed by atoms with Gasteiger partial charge in [0.05, 0.1) is 13.2 Å². The SMILES string of the molecule is COc1cccc(C(CN)Sc2nnnn2C2CC2)c1. The van der Waals surface area contributed by atoms with Gasteiger partial charge in [0.25, 0.3) is 0 Å². The van der Waals surface area contributed by atoms with Crippen LogP contribution >= 0.6 is 11.8 Å². The van der Waals surface area contributed by atoms with E-state index in [9.17, 15) is 0 Å². The third-order valence-corrected chi connectivity index (χ3v) is 4.51. The average Bonchev–Trinajstić information content (AvgIpc) is 3.24. The largest absolute Gasteiger partial charge is 0.497 e. The van der Waals surface area contributed by atoms with Gasteiger partial charge in [0.2, 0.25) is 5.16 Å². The molecule has 6 nitrogen and oxygen atoms in total. The standard InChI is InChI=1S/C13H17N5OS/c1-19-11-4-2-3-9(7-11)12(8-14)20-13-15-16-17-18(13)10-5-6-10/h2-4,7,10,12H,5-6,8,14H2,1H3. The van der Waals surface area contributed by atoms with Crippen molar-refractivity contribution in [2.75, 3.05) is 13.7 Å². The molecule has 0 bridgehead atoms. The van der Waals surface area contributed by atoms with Gasteiger partial charge in [-0.15, -0.1) is 5.10 Å². The van der Waals surface area contributed by atoms with E-state index in [0.717, 1.165) is 29.3 Å². The van der Waals surface area contributed by atoms with Crippen molar-refractivity contribution >= 4 is 11.8 Å². The molecule has 1 aliphatic rings. The van der Waals surface area contributed by atoms with Crippen LogP contribution in [-0.4, -0.2) is 33.9 Å². The summed E-state index contributed by atoms with van der Waals surface area (Å²) >= 11 is 1.61. The third kappa shape index (κ3) is 2.78. The normalized spacial score (nSPS) is 16.1. The van der Waals surface area contributed by atoms with Crippen LogP contribution in [0.3, 0.4) is 0 Å². The van der Waals surface area contributed by atoms with Gasteiger partial charge in [0.1, 0.15) is 5.75 Å². The first-order valence-corrected chi connectivity index (χ1v) is 7.48. The number of hydrogen-bond acceptors (Lipinski definition) is 6. The second kappa shape index (κ2) is 5.80. The van der Waals surface area contributed by atoms with E-state index in [4.69, 9.17) is 10.5 Å². The zero-order valence-corrected chi connectivity index (χ0v) is 12.1. The molecular formula is C13H17N5OS. The maximum absolute atomic E-state index is 5.92. The van der Waals surface area contributed by atoms with Crippen LogP contribution in [0.1, 0.15) is 29.7 Å². The minimum Gasteiger partial charge on any atom is -0.497 e. The van der Waals surface area contributed by atoms with Gasteiger partial charge in [-0.1, -0.05) is 23.9 Å². The Hall–Kier alpha value is -1.60. The van der Waals surface area contributed by atoms with Crippen LogP contribution in [0.25, 0.3) is 0 Å². The number of rotatable bonds is 6.